The molecule has 2 amide bonds. The first-order valence-corrected chi connectivity index (χ1v) is 11.7. The molecule has 0 fully saturated rings. The Morgan fingerprint density at radius 3 is 2.26 bits per heavy atom. The predicted molar refractivity (Wildman–Crippen MR) is 131 cm³/mol. The maximum absolute atomic E-state index is 12.9. The Bertz CT molecular complexity index is 1330. The standard InChI is InChI=1S/C28H28N2O5/c1-5-6-13-29-26(32)22-12-9-20(15-24(22)27(29)33)28(34)35-16-25(31)23-14-18(3)30(19(23)4)21-10-7-17(2)8-11-21/h7-12,14-15H,5-6,13,16H2,1-4H3. The number of unbranched alkanes of at least 4 members (excludes halogenated alkanes) is 1. The second kappa shape index (κ2) is 9.70. The normalized spacial score (nSPS) is 12.7. The number of hydrogen-bond acceptors (Lipinski definition) is 5. The van der Waals surface area contributed by atoms with Crippen LogP contribution in [0.3, 0.4) is 0 Å². The summed E-state index contributed by atoms with van der Waals surface area (Å²) < 4.78 is 7.26. The van der Waals surface area contributed by atoms with Gasteiger partial charge in [0, 0.05) is 29.2 Å². The fourth-order valence-corrected chi connectivity index (χ4v) is 4.37. The molecule has 0 unspecified atom stereocenters. The van der Waals surface area contributed by atoms with E-state index in [-0.39, 0.29) is 28.4 Å². The summed E-state index contributed by atoms with van der Waals surface area (Å²) in [5.74, 6) is -1.80. The zero-order valence-electron chi connectivity index (χ0n) is 20.4. The van der Waals surface area contributed by atoms with Gasteiger partial charge in [-0.1, -0.05) is 31.0 Å². The fraction of sp³-hybridized carbons (Fsp3) is 0.286. The Kier molecular flexibility index (Phi) is 6.69. The number of Topliss-reactive ketones (excluding diaryl/α,β-unsaturated/α-hetero) is 1. The van der Waals surface area contributed by atoms with Crippen molar-refractivity contribution in [2.75, 3.05) is 13.2 Å². The summed E-state index contributed by atoms with van der Waals surface area (Å²) in [6, 6.07) is 14.1. The molecule has 4 rings (SSSR count). The van der Waals surface area contributed by atoms with Crippen LogP contribution in [0.15, 0.2) is 48.5 Å². The minimum Gasteiger partial charge on any atom is -0.454 e. The van der Waals surface area contributed by atoms with Crippen LogP contribution in [0.4, 0.5) is 0 Å². The van der Waals surface area contributed by atoms with Gasteiger partial charge in [0.15, 0.2) is 6.61 Å². The number of ether oxygens (including phenoxy) is 1. The second-order valence-electron chi connectivity index (χ2n) is 8.83. The molecule has 2 aromatic carbocycles. The third-order valence-electron chi connectivity index (χ3n) is 6.30. The smallest absolute Gasteiger partial charge is 0.338 e. The zero-order chi connectivity index (χ0) is 25.3. The first-order valence-electron chi connectivity index (χ1n) is 11.7. The van der Waals surface area contributed by atoms with Crippen LogP contribution < -0.4 is 0 Å². The van der Waals surface area contributed by atoms with E-state index in [1.807, 2.05) is 56.5 Å². The van der Waals surface area contributed by atoms with Gasteiger partial charge in [0.2, 0.25) is 5.78 Å². The van der Waals surface area contributed by atoms with Crippen molar-refractivity contribution in [3.8, 4) is 5.69 Å². The van der Waals surface area contributed by atoms with Crippen LogP contribution in [0.25, 0.3) is 5.69 Å². The summed E-state index contributed by atoms with van der Waals surface area (Å²) in [4.78, 5) is 51.9. The van der Waals surface area contributed by atoms with Crippen LogP contribution in [0.5, 0.6) is 0 Å². The number of aryl methyl sites for hydroxylation is 2. The summed E-state index contributed by atoms with van der Waals surface area (Å²) in [5.41, 5.74) is 4.84. The minimum atomic E-state index is -0.722. The first-order chi connectivity index (χ1) is 16.7. The lowest BCUT2D eigenvalue weighted by atomic mass is 10.1. The summed E-state index contributed by atoms with van der Waals surface area (Å²) in [6.45, 7) is 7.69. The van der Waals surface area contributed by atoms with E-state index in [1.54, 1.807) is 6.07 Å². The summed E-state index contributed by atoms with van der Waals surface area (Å²) >= 11 is 0. The third-order valence-corrected chi connectivity index (χ3v) is 6.30. The maximum Gasteiger partial charge on any atom is 0.338 e. The van der Waals surface area contributed by atoms with Crippen molar-refractivity contribution in [2.24, 2.45) is 0 Å². The number of esters is 1. The highest BCUT2D eigenvalue weighted by molar-refractivity contribution is 6.22. The van der Waals surface area contributed by atoms with Crippen LogP contribution in [-0.2, 0) is 4.74 Å². The molecule has 0 radical (unpaired) electrons. The van der Waals surface area contributed by atoms with E-state index in [4.69, 9.17) is 4.74 Å². The number of nitrogens with zero attached hydrogens (tertiary/aromatic N) is 2. The van der Waals surface area contributed by atoms with E-state index in [0.717, 1.165) is 29.1 Å². The second-order valence-corrected chi connectivity index (χ2v) is 8.83. The van der Waals surface area contributed by atoms with Crippen LogP contribution in [0.2, 0.25) is 0 Å². The van der Waals surface area contributed by atoms with Crippen LogP contribution >= 0.6 is 0 Å². The molecule has 7 heteroatoms. The number of aromatic nitrogens is 1. The Morgan fingerprint density at radius 1 is 0.886 bits per heavy atom. The molecule has 2 heterocycles. The molecule has 7 nitrogen and oxygen atoms in total. The fourth-order valence-electron chi connectivity index (χ4n) is 4.37. The van der Waals surface area contributed by atoms with Crippen molar-refractivity contribution < 1.29 is 23.9 Å². The van der Waals surface area contributed by atoms with Gasteiger partial charge in [-0.3, -0.25) is 19.3 Å². The van der Waals surface area contributed by atoms with Gasteiger partial charge in [0.05, 0.1) is 16.7 Å². The zero-order valence-corrected chi connectivity index (χ0v) is 20.4. The van der Waals surface area contributed by atoms with Gasteiger partial charge in [-0.2, -0.15) is 0 Å². The highest BCUT2D eigenvalue weighted by atomic mass is 16.5. The molecule has 1 aliphatic heterocycles. The number of rotatable bonds is 8. The molecule has 0 aliphatic carbocycles. The lowest BCUT2D eigenvalue weighted by molar-refractivity contribution is 0.0474. The van der Waals surface area contributed by atoms with E-state index in [9.17, 15) is 19.2 Å². The van der Waals surface area contributed by atoms with Crippen molar-refractivity contribution in [3.63, 3.8) is 0 Å². The van der Waals surface area contributed by atoms with Gasteiger partial charge < -0.3 is 9.30 Å². The van der Waals surface area contributed by atoms with Crippen molar-refractivity contribution >= 4 is 23.6 Å². The van der Waals surface area contributed by atoms with Crippen molar-refractivity contribution in [2.45, 2.75) is 40.5 Å². The molecule has 3 aromatic rings. The molecule has 0 saturated heterocycles. The molecule has 0 N–H and O–H groups in total. The van der Waals surface area contributed by atoms with E-state index in [2.05, 4.69) is 0 Å². The van der Waals surface area contributed by atoms with Gasteiger partial charge in [0.1, 0.15) is 0 Å². The van der Waals surface area contributed by atoms with Crippen molar-refractivity contribution in [1.29, 1.82) is 0 Å². The molecular weight excluding hydrogens is 444 g/mol. The largest absolute Gasteiger partial charge is 0.454 e. The minimum absolute atomic E-state index is 0.125. The van der Waals surface area contributed by atoms with Gasteiger partial charge in [-0.15, -0.1) is 0 Å². The van der Waals surface area contributed by atoms with Gasteiger partial charge in [-0.25, -0.2) is 4.79 Å². The summed E-state index contributed by atoms with van der Waals surface area (Å²) in [5, 5.41) is 0. The molecule has 1 aromatic heterocycles. The molecular formula is C28H28N2O5. The predicted octanol–water partition coefficient (Wildman–Crippen LogP) is 4.84. The summed E-state index contributed by atoms with van der Waals surface area (Å²) in [6.07, 6.45) is 1.57. The van der Waals surface area contributed by atoms with Crippen LogP contribution in [0, 0.1) is 20.8 Å². The summed E-state index contributed by atoms with van der Waals surface area (Å²) in [7, 11) is 0. The Morgan fingerprint density at radius 2 is 1.57 bits per heavy atom. The van der Waals surface area contributed by atoms with E-state index in [0.29, 0.717) is 18.5 Å². The number of ketones is 1. The molecule has 1 aliphatic rings. The number of imide groups is 1. The molecule has 0 saturated carbocycles. The van der Waals surface area contributed by atoms with E-state index in [1.165, 1.54) is 23.1 Å². The SMILES string of the molecule is CCCCN1C(=O)c2ccc(C(=O)OCC(=O)c3cc(C)n(-c4ccc(C)cc4)c3C)cc2C1=O. The Labute approximate surface area is 204 Å². The highest BCUT2D eigenvalue weighted by Crippen LogP contribution is 2.25. The first kappa shape index (κ1) is 24.1. The number of carbonyl (C=O) groups is 4. The maximum atomic E-state index is 12.9. The van der Waals surface area contributed by atoms with Crippen molar-refractivity contribution in [3.05, 3.63) is 87.7 Å². The molecule has 0 atom stereocenters. The average molecular weight is 473 g/mol. The molecule has 180 valence electrons. The van der Waals surface area contributed by atoms with Gasteiger partial charge >= 0.3 is 5.97 Å². The van der Waals surface area contributed by atoms with Crippen molar-refractivity contribution in [1.82, 2.24) is 9.47 Å². The highest BCUT2D eigenvalue weighted by Gasteiger charge is 2.35. The lowest BCUT2D eigenvalue weighted by Gasteiger charge is -2.12. The Hall–Kier alpha value is -4.00. The molecule has 0 bridgehead atoms. The quantitative estimate of drug-likeness (QED) is 0.266. The number of hydrogen-bond donors (Lipinski definition) is 0. The molecule has 0 spiro atoms. The molecule has 35 heavy (non-hydrogen) atoms. The number of fused-ring (bicyclic) bond motifs is 1. The lowest BCUT2D eigenvalue weighted by Crippen LogP contribution is -2.30. The topological polar surface area (TPSA) is 85.7 Å². The Balaban J connectivity index is 1.47. The average Bonchev–Trinajstić information content (AvgIpc) is 3.28. The number of carbonyl (C=O) groups excluding carboxylic acids is 4. The number of amides is 2. The third kappa shape index (κ3) is 4.54. The van der Waals surface area contributed by atoms with E-state index >= 15 is 0 Å². The van der Waals surface area contributed by atoms with Crippen LogP contribution in [0.1, 0.15) is 78.1 Å². The van der Waals surface area contributed by atoms with Gasteiger partial charge in [0.25, 0.3) is 11.8 Å². The van der Waals surface area contributed by atoms with Gasteiger partial charge in [-0.05, 0) is 63.6 Å². The van der Waals surface area contributed by atoms with Crippen LogP contribution in [-0.4, -0.2) is 46.2 Å². The van der Waals surface area contributed by atoms with E-state index < -0.39 is 18.5 Å². The number of benzene rings is 2. The monoisotopic (exact) mass is 472 g/mol.